The van der Waals surface area contributed by atoms with Crippen molar-refractivity contribution in [2.24, 2.45) is 5.41 Å². The maximum Gasteiger partial charge on any atom is 0.247 e. The Hall–Kier alpha value is -3.91. The zero-order valence-electron chi connectivity index (χ0n) is 31.4. The summed E-state index contributed by atoms with van der Waals surface area (Å²) in [5, 5.41) is 13.5. The number of methoxy groups -OCH3 is 1. The fraction of sp³-hybridized carbons (Fsp3) is 0.541. The van der Waals surface area contributed by atoms with Crippen LogP contribution in [-0.4, -0.2) is 109 Å². The Morgan fingerprint density at radius 1 is 1.00 bits per heavy atom. The van der Waals surface area contributed by atoms with Crippen molar-refractivity contribution in [3.8, 4) is 5.75 Å². The van der Waals surface area contributed by atoms with Crippen molar-refractivity contribution in [2.45, 2.75) is 78.6 Å². The fourth-order valence-electron chi connectivity index (χ4n) is 6.64. The number of rotatable bonds is 11. The third-order valence-electron chi connectivity index (χ3n) is 9.87. The van der Waals surface area contributed by atoms with E-state index in [1.54, 1.807) is 31.0 Å². The van der Waals surface area contributed by atoms with E-state index in [-0.39, 0.29) is 30.1 Å². The van der Waals surface area contributed by atoms with Crippen LogP contribution in [0.2, 0.25) is 5.02 Å². The molecule has 0 bridgehead atoms. The largest absolute Gasteiger partial charge is 0.494 e. The molecule has 2 fully saturated rings. The number of nitrogens with one attached hydrogen (secondary N) is 4. The molecule has 0 aliphatic carbocycles. The highest BCUT2D eigenvalue weighted by atomic mass is 35.5. The molecule has 5 rings (SSSR count). The molecule has 52 heavy (non-hydrogen) atoms. The average molecular weight is 759 g/mol. The van der Waals surface area contributed by atoms with Gasteiger partial charge in [-0.2, -0.15) is 0 Å². The lowest BCUT2D eigenvalue weighted by Gasteiger charge is -2.38. The molecule has 0 unspecified atom stereocenters. The highest BCUT2D eigenvalue weighted by Gasteiger charge is 2.42. The second kappa shape index (κ2) is 17.3. The molecule has 0 spiro atoms. The molecule has 2 aliphatic heterocycles. The molecule has 284 valence electrons. The first-order chi connectivity index (χ1) is 24.2. The van der Waals surface area contributed by atoms with Crippen LogP contribution in [0, 0.1) is 5.41 Å². The van der Waals surface area contributed by atoms with Gasteiger partial charge in [-0.3, -0.25) is 19.3 Å². The minimum Gasteiger partial charge on any atom is -0.494 e. The van der Waals surface area contributed by atoms with E-state index in [9.17, 15) is 14.4 Å². The van der Waals surface area contributed by atoms with Gasteiger partial charge in [0.2, 0.25) is 17.7 Å². The summed E-state index contributed by atoms with van der Waals surface area (Å²) >= 11 is 6.81. The van der Waals surface area contributed by atoms with E-state index < -0.39 is 23.5 Å². The Morgan fingerprint density at radius 2 is 1.71 bits per heavy atom. The van der Waals surface area contributed by atoms with E-state index in [1.807, 2.05) is 39.0 Å². The van der Waals surface area contributed by atoms with Gasteiger partial charge in [-0.1, -0.05) is 32.4 Å². The number of aromatic nitrogens is 2. The molecule has 2 aliphatic rings. The van der Waals surface area contributed by atoms with Gasteiger partial charge in [0.05, 0.1) is 35.1 Å². The van der Waals surface area contributed by atoms with Crippen LogP contribution in [0.4, 0.5) is 22.9 Å². The van der Waals surface area contributed by atoms with E-state index in [0.717, 1.165) is 37.6 Å². The normalized spacial score (nSPS) is 17.8. The van der Waals surface area contributed by atoms with Crippen LogP contribution in [0.1, 0.15) is 54.4 Å². The van der Waals surface area contributed by atoms with Gasteiger partial charge >= 0.3 is 0 Å². The SMILES string of the molecule is CN[C@@H](C)C(=O)N[C@H](C(=O)N1CCC[C@H]1C(=O)Nc1cc2c(Nc3ccc(N4CCN(C(C)C)CC4)c(Cl)c3)ncnc2cc1OC)C(C)(C)C.Cl. The van der Waals surface area contributed by atoms with Crippen LogP contribution in [-0.2, 0) is 14.4 Å². The zero-order valence-corrected chi connectivity index (χ0v) is 33.0. The summed E-state index contributed by atoms with van der Waals surface area (Å²) in [5.74, 6) is 0.0394. The zero-order chi connectivity index (χ0) is 37.0. The molecular formula is C37H53Cl2N9O4. The highest BCUT2D eigenvalue weighted by Crippen LogP contribution is 2.36. The number of benzene rings is 2. The van der Waals surface area contributed by atoms with Crippen LogP contribution in [0.5, 0.6) is 5.75 Å². The number of piperazine rings is 1. The van der Waals surface area contributed by atoms with E-state index in [0.29, 0.717) is 58.6 Å². The maximum atomic E-state index is 13.9. The number of halogens is 2. The van der Waals surface area contributed by atoms with Crippen molar-refractivity contribution >= 4 is 75.5 Å². The lowest BCUT2D eigenvalue weighted by Crippen LogP contribution is -2.59. The Kier molecular flexibility index (Phi) is 13.6. The van der Waals surface area contributed by atoms with Gasteiger partial charge in [0.1, 0.15) is 30.0 Å². The number of carbonyl (C=O) groups excluding carboxylic acids is 3. The first-order valence-electron chi connectivity index (χ1n) is 17.7. The smallest absolute Gasteiger partial charge is 0.247 e. The number of likely N-dealkylation sites (tertiary alicyclic amines) is 1. The number of hydrogen-bond donors (Lipinski definition) is 4. The summed E-state index contributed by atoms with van der Waals surface area (Å²) in [6, 6.07) is 7.93. The Bertz CT molecular complexity index is 1740. The number of likely N-dealkylation sites (N-methyl/N-ethyl adjacent to an activating group) is 1. The van der Waals surface area contributed by atoms with Crippen LogP contribution in [0.25, 0.3) is 10.9 Å². The topological polar surface area (TPSA) is 144 Å². The van der Waals surface area contributed by atoms with Crippen molar-refractivity contribution < 1.29 is 19.1 Å². The molecule has 3 atom stereocenters. The van der Waals surface area contributed by atoms with Gasteiger partial charge in [-0.15, -0.1) is 12.4 Å². The lowest BCUT2D eigenvalue weighted by molar-refractivity contribution is -0.143. The number of anilines is 4. The van der Waals surface area contributed by atoms with E-state index in [2.05, 4.69) is 54.9 Å². The summed E-state index contributed by atoms with van der Waals surface area (Å²) in [4.78, 5) is 55.9. The first kappa shape index (κ1) is 40.9. The monoisotopic (exact) mass is 757 g/mol. The maximum absolute atomic E-state index is 13.9. The summed E-state index contributed by atoms with van der Waals surface area (Å²) in [7, 11) is 3.21. The minimum atomic E-state index is -0.812. The second-order valence-corrected chi connectivity index (χ2v) is 15.1. The number of nitrogens with zero attached hydrogens (tertiary/aromatic N) is 5. The van der Waals surface area contributed by atoms with Crippen LogP contribution in [0.3, 0.4) is 0 Å². The number of carbonyl (C=O) groups is 3. The Morgan fingerprint density at radius 3 is 2.33 bits per heavy atom. The van der Waals surface area contributed by atoms with Crippen LogP contribution < -0.4 is 30.9 Å². The van der Waals surface area contributed by atoms with Gasteiger partial charge < -0.3 is 35.8 Å². The van der Waals surface area contributed by atoms with Crippen molar-refractivity contribution in [1.82, 2.24) is 30.4 Å². The molecule has 2 saturated heterocycles. The summed E-state index contributed by atoms with van der Waals surface area (Å²) < 4.78 is 5.66. The van der Waals surface area contributed by atoms with Gasteiger partial charge in [0.15, 0.2) is 0 Å². The van der Waals surface area contributed by atoms with Gasteiger partial charge in [-0.25, -0.2) is 9.97 Å². The number of amides is 3. The molecule has 3 aromatic rings. The minimum absolute atomic E-state index is 0. The summed E-state index contributed by atoms with van der Waals surface area (Å²) in [6.07, 6.45) is 2.62. The molecule has 13 nitrogen and oxygen atoms in total. The van der Waals surface area contributed by atoms with Gasteiger partial charge in [0, 0.05) is 55.9 Å². The van der Waals surface area contributed by atoms with Crippen molar-refractivity contribution in [3.63, 3.8) is 0 Å². The van der Waals surface area contributed by atoms with Crippen molar-refractivity contribution in [2.75, 3.05) is 62.4 Å². The third-order valence-corrected chi connectivity index (χ3v) is 10.2. The number of hydrogen-bond acceptors (Lipinski definition) is 10. The second-order valence-electron chi connectivity index (χ2n) is 14.7. The predicted molar refractivity (Wildman–Crippen MR) is 210 cm³/mol. The molecule has 2 aromatic carbocycles. The number of ether oxygens (including phenoxy) is 1. The van der Waals surface area contributed by atoms with E-state index >= 15 is 0 Å². The molecule has 3 amide bonds. The van der Waals surface area contributed by atoms with Gasteiger partial charge in [0.25, 0.3) is 0 Å². The Balaban J connectivity index is 0.00000605. The molecule has 4 N–H and O–H groups in total. The lowest BCUT2D eigenvalue weighted by atomic mass is 9.85. The predicted octanol–water partition coefficient (Wildman–Crippen LogP) is 5.06. The molecule has 0 saturated carbocycles. The molecular weight excluding hydrogens is 705 g/mol. The third kappa shape index (κ3) is 9.17. The standard InChI is InChI=1S/C37H52ClN9O4.ClH/c1-22(2)45-14-16-46(17-15-45)29-12-11-24(18-26(29)38)42-33-25-19-28(31(51-8)20-27(25)40-21-41-33)43-35(49)30-10-9-13-47(30)36(50)32(37(4,5)6)44-34(48)23(3)39-7;/h11-12,18-23,30,32,39H,9-10,13-17H2,1-8H3,(H,43,49)(H,44,48)(H,40,41,42);1H/t23-,30-,32+;/m0./s1. The molecule has 0 radical (unpaired) electrons. The number of fused-ring (bicyclic) bond motifs is 1. The van der Waals surface area contributed by atoms with Crippen LogP contribution >= 0.6 is 24.0 Å². The van der Waals surface area contributed by atoms with Crippen molar-refractivity contribution in [1.29, 1.82) is 0 Å². The average Bonchev–Trinajstić information content (AvgIpc) is 3.60. The highest BCUT2D eigenvalue weighted by molar-refractivity contribution is 6.33. The van der Waals surface area contributed by atoms with Crippen molar-refractivity contribution in [3.05, 3.63) is 41.7 Å². The van der Waals surface area contributed by atoms with Gasteiger partial charge in [-0.05, 0) is 70.3 Å². The fourth-order valence-corrected chi connectivity index (χ4v) is 6.94. The van der Waals surface area contributed by atoms with E-state index in [1.165, 1.54) is 13.4 Å². The molecule has 15 heteroatoms. The molecule has 1 aromatic heterocycles. The Labute approximate surface area is 318 Å². The van der Waals surface area contributed by atoms with E-state index in [4.69, 9.17) is 16.3 Å². The quantitative estimate of drug-likeness (QED) is 0.210. The summed E-state index contributed by atoms with van der Waals surface area (Å²) in [6.45, 7) is 16.1. The molecule has 3 heterocycles. The van der Waals surface area contributed by atoms with Crippen LogP contribution in [0.15, 0.2) is 36.7 Å². The first-order valence-corrected chi connectivity index (χ1v) is 18.1. The summed E-state index contributed by atoms with van der Waals surface area (Å²) in [5.41, 5.74) is 2.21.